The number of hydrogen-bond donors (Lipinski definition) is 1. The Morgan fingerprint density at radius 3 is 2.94 bits per heavy atom. The third-order valence-corrected chi connectivity index (χ3v) is 4.25. The van der Waals surface area contributed by atoms with Gasteiger partial charge < -0.3 is 5.73 Å². The van der Waals surface area contributed by atoms with Crippen molar-refractivity contribution >= 4 is 17.2 Å². The second-order valence-corrected chi connectivity index (χ2v) is 5.53. The molecule has 2 fully saturated rings. The lowest BCUT2D eigenvalue weighted by molar-refractivity contribution is 0.285. The molecule has 2 aliphatic carbocycles. The van der Waals surface area contributed by atoms with Crippen LogP contribution >= 0.6 is 12.2 Å². The van der Waals surface area contributed by atoms with Gasteiger partial charge in [0.2, 0.25) is 5.82 Å². The maximum atomic E-state index is 5.49. The highest BCUT2D eigenvalue weighted by Crippen LogP contribution is 2.48. The Morgan fingerprint density at radius 1 is 1.50 bits per heavy atom. The van der Waals surface area contributed by atoms with Gasteiger partial charge in [0, 0.05) is 6.54 Å². The fourth-order valence-corrected chi connectivity index (χ4v) is 3.43. The van der Waals surface area contributed by atoms with Crippen LogP contribution in [0.2, 0.25) is 0 Å². The molecule has 1 aromatic heterocycles. The molecule has 2 saturated carbocycles. The van der Waals surface area contributed by atoms with E-state index < -0.39 is 0 Å². The molecule has 2 aliphatic rings. The van der Waals surface area contributed by atoms with Crippen molar-refractivity contribution in [3.63, 3.8) is 0 Å². The van der Waals surface area contributed by atoms with E-state index in [4.69, 9.17) is 18.0 Å². The van der Waals surface area contributed by atoms with Crippen molar-refractivity contribution in [2.24, 2.45) is 23.5 Å². The van der Waals surface area contributed by atoms with Crippen molar-refractivity contribution in [3.05, 3.63) is 12.2 Å². The monoisotopic (exact) mass is 236 g/mol. The fourth-order valence-electron chi connectivity index (χ4n) is 3.34. The van der Waals surface area contributed by atoms with Crippen molar-refractivity contribution in [2.75, 3.05) is 0 Å². The van der Waals surface area contributed by atoms with Gasteiger partial charge in [-0.1, -0.05) is 18.6 Å². The SMILES string of the molecule is NC(=S)c1ncn(CC2CC3CCC2C3)n1. The van der Waals surface area contributed by atoms with Crippen LogP contribution in [0.15, 0.2) is 6.33 Å². The highest BCUT2D eigenvalue weighted by molar-refractivity contribution is 7.80. The van der Waals surface area contributed by atoms with Gasteiger partial charge in [0.1, 0.15) is 11.3 Å². The molecule has 0 aromatic carbocycles. The Kier molecular flexibility index (Phi) is 2.42. The minimum Gasteiger partial charge on any atom is -0.387 e. The van der Waals surface area contributed by atoms with Crippen LogP contribution in [0.3, 0.4) is 0 Å². The average Bonchev–Trinajstić information content (AvgIpc) is 2.91. The molecule has 3 atom stereocenters. The number of thiocarbonyl (C=S) groups is 1. The van der Waals surface area contributed by atoms with Gasteiger partial charge in [0.15, 0.2) is 0 Å². The highest BCUT2D eigenvalue weighted by atomic mass is 32.1. The van der Waals surface area contributed by atoms with Crippen molar-refractivity contribution in [2.45, 2.75) is 32.2 Å². The van der Waals surface area contributed by atoms with Gasteiger partial charge in [-0.25, -0.2) is 4.98 Å². The van der Waals surface area contributed by atoms with E-state index >= 15 is 0 Å². The maximum Gasteiger partial charge on any atom is 0.208 e. The Labute approximate surface area is 100 Å². The molecule has 0 spiro atoms. The summed E-state index contributed by atoms with van der Waals surface area (Å²) in [6.07, 6.45) is 7.40. The molecule has 0 radical (unpaired) electrons. The summed E-state index contributed by atoms with van der Waals surface area (Å²) in [5.74, 6) is 3.19. The van der Waals surface area contributed by atoms with Crippen molar-refractivity contribution in [3.8, 4) is 0 Å². The first-order valence-corrected chi connectivity index (χ1v) is 6.32. The average molecular weight is 236 g/mol. The summed E-state index contributed by atoms with van der Waals surface area (Å²) in [5, 5.41) is 4.30. The van der Waals surface area contributed by atoms with E-state index in [1.54, 1.807) is 6.33 Å². The van der Waals surface area contributed by atoms with Crippen molar-refractivity contribution in [1.82, 2.24) is 14.8 Å². The zero-order chi connectivity index (χ0) is 11.1. The molecular formula is C11H16N4S. The Morgan fingerprint density at radius 2 is 2.38 bits per heavy atom. The van der Waals surface area contributed by atoms with Gasteiger partial charge in [-0.3, -0.25) is 4.68 Å². The molecule has 0 aliphatic heterocycles. The van der Waals surface area contributed by atoms with Crippen LogP contribution in [0.4, 0.5) is 0 Å². The van der Waals surface area contributed by atoms with E-state index in [1.807, 2.05) is 4.68 Å². The van der Waals surface area contributed by atoms with E-state index in [0.717, 1.165) is 24.3 Å². The molecule has 1 aromatic rings. The number of fused-ring (bicyclic) bond motifs is 2. The maximum absolute atomic E-state index is 5.49. The number of aromatic nitrogens is 3. The summed E-state index contributed by atoms with van der Waals surface area (Å²) in [6.45, 7) is 0.983. The summed E-state index contributed by atoms with van der Waals surface area (Å²) in [7, 11) is 0. The lowest BCUT2D eigenvalue weighted by atomic mass is 9.89. The summed E-state index contributed by atoms with van der Waals surface area (Å²) >= 11 is 4.85. The molecule has 2 N–H and O–H groups in total. The lowest BCUT2D eigenvalue weighted by Gasteiger charge is -2.20. The first kappa shape index (κ1) is 10.2. The smallest absolute Gasteiger partial charge is 0.208 e. The molecule has 4 nitrogen and oxygen atoms in total. The molecular weight excluding hydrogens is 220 g/mol. The Balaban J connectivity index is 1.68. The normalized spacial score (nSPS) is 32.1. The van der Waals surface area contributed by atoms with Crippen LogP contribution in [0, 0.1) is 17.8 Å². The summed E-state index contributed by atoms with van der Waals surface area (Å²) in [5.41, 5.74) is 5.49. The van der Waals surface area contributed by atoms with Gasteiger partial charge in [-0.05, 0) is 37.0 Å². The molecule has 1 heterocycles. The second kappa shape index (κ2) is 3.80. The van der Waals surface area contributed by atoms with Gasteiger partial charge in [0.25, 0.3) is 0 Å². The lowest BCUT2D eigenvalue weighted by Crippen LogP contribution is -2.18. The molecule has 3 unspecified atom stereocenters. The van der Waals surface area contributed by atoms with E-state index in [0.29, 0.717) is 5.82 Å². The largest absolute Gasteiger partial charge is 0.387 e. The van der Waals surface area contributed by atoms with Crippen LogP contribution in [-0.2, 0) is 6.54 Å². The van der Waals surface area contributed by atoms with Crippen LogP contribution in [0.5, 0.6) is 0 Å². The number of nitrogens with two attached hydrogens (primary N) is 1. The topological polar surface area (TPSA) is 56.7 Å². The Hall–Kier alpha value is -0.970. The van der Waals surface area contributed by atoms with Crippen molar-refractivity contribution in [1.29, 1.82) is 0 Å². The van der Waals surface area contributed by atoms with Gasteiger partial charge in [-0.15, -0.1) is 5.10 Å². The summed E-state index contributed by atoms with van der Waals surface area (Å²) < 4.78 is 1.90. The first-order valence-electron chi connectivity index (χ1n) is 5.91. The predicted molar refractivity (Wildman–Crippen MR) is 64.8 cm³/mol. The fraction of sp³-hybridized carbons (Fsp3) is 0.727. The van der Waals surface area contributed by atoms with Gasteiger partial charge in [-0.2, -0.15) is 0 Å². The minimum absolute atomic E-state index is 0.284. The van der Waals surface area contributed by atoms with Gasteiger partial charge >= 0.3 is 0 Å². The molecule has 16 heavy (non-hydrogen) atoms. The molecule has 5 heteroatoms. The quantitative estimate of drug-likeness (QED) is 0.805. The zero-order valence-corrected chi connectivity index (χ0v) is 9.99. The Bertz CT molecular complexity index is 414. The van der Waals surface area contributed by atoms with Crippen molar-refractivity contribution < 1.29 is 0 Å². The number of nitrogens with zero attached hydrogens (tertiary/aromatic N) is 3. The van der Waals surface area contributed by atoms with Gasteiger partial charge in [0.05, 0.1) is 0 Å². The third kappa shape index (κ3) is 1.73. The van der Waals surface area contributed by atoms with Crippen LogP contribution in [0.1, 0.15) is 31.5 Å². The first-order chi connectivity index (χ1) is 7.72. The van der Waals surface area contributed by atoms with E-state index in [9.17, 15) is 0 Å². The summed E-state index contributed by atoms with van der Waals surface area (Å²) in [4.78, 5) is 4.39. The van der Waals surface area contributed by atoms with Crippen LogP contribution < -0.4 is 5.73 Å². The van der Waals surface area contributed by atoms with E-state index in [-0.39, 0.29) is 4.99 Å². The minimum atomic E-state index is 0.284. The van der Waals surface area contributed by atoms with Crippen LogP contribution in [-0.4, -0.2) is 19.8 Å². The number of hydrogen-bond acceptors (Lipinski definition) is 3. The summed E-state index contributed by atoms with van der Waals surface area (Å²) in [6, 6.07) is 0. The molecule has 0 saturated heterocycles. The van der Waals surface area contributed by atoms with E-state index in [1.165, 1.54) is 25.7 Å². The number of rotatable bonds is 3. The second-order valence-electron chi connectivity index (χ2n) is 5.09. The molecule has 3 rings (SSSR count). The molecule has 2 bridgehead atoms. The predicted octanol–water partition coefficient (Wildman–Crippen LogP) is 1.35. The zero-order valence-electron chi connectivity index (χ0n) is 9.17. The molecule has 86 valence electrons. The molecule has 0 amide bonds. The van der Waals surface area contributed by atoms with E-state index in [2.05, 4.69) is 10.1 Å². The van der Waals surface area contributed by atoms with Crippen LogP contribution in [0.25, 0.3) is 0 Å². The standard InChI is InChI=1S/C11H16N4S/c12-10(16)11-13-6-15(14-11)5-9-4-7-1-2-8(9)3-7/h6-9H,1-5H2,(H2,12,16). The third-order valence-electron chi connectivity index (χ3n) is 4.06. The highest BCUT2D eigenvalue weighted by Gasteiger charge is 2.39.